The molecule has 0 unspecified atom stereocenters. The number of ether oxygens (including phenoxy) is 2. The van der Waals surface area contributed by atoms with Crippen LogP contribution in [-0.2, 0) is 23.0 Å². The van der Waals surface area contributed by atoms with Crippen molar-refractivity contribution >= 4 is 10.0 Å². The van der Waals surface area contributed by atoms with E-state index in [1.165, 1.54) is 14.2 Å². The fourth-order valence-corrected chi connectivity index (χ4v) is 6.19. The minimum Gasteiger partial charge on any atom is -0.497 e. The van der Waals surface area contributed by atoms with Crippen molar-refractivity contribution in [1.82, 2.24) is 19.1 Å². The van der Waals surface area contributed by atoms with E-state index in [-0.39, 0.29) is 10.3 Å². The minimum absolute atomic E-state index is 0.164. The van der Waals surface area contributed by atoms with Gasteiger partial charge >= 0.3 is 0 Å². The maximum atomic E-state index is 13.3. The first-order valence-electron chi connectivity index (χ1n) is 9.99. The lowest BCUT2D eigenvalue weighted by atomic mass is 9.73. The zero-order chi connectivity index (χ0) is 20.6. The Labute approximate surface area is 171 Å². The van der Waals surface area contributed by atoms with Crippen LogP contribution in [0.3, 0.4) is 0 Å². The Hall–Kier alpha value is -2.13. The maximum absolute atomic E-state index is 13.3. The van der Waals surface area contributed by atoms with Gasteiger partial charge in [0.15, 0.2) is 0 Å². The first kappa shape index (κ1) is 20.2. The normalized spacial score (nSPS) is 19.6. The van der Waals surface area contributed by atoms with Gasteiger partial charge in [-0.2, -0.15) is 4.31 Å². The molecular weight excluding hydrogens is 392 g/mol. The van der Waals surface area contributed by atoms with Crippen molar-refractivity contribution in [2.45, 2.75) is 50.5 Å². The van der Waals surface area contributed by atoms with E-state index in [9.17, 15) is 8.42 Å². The molecule has 1 fully saturated rings. The Morgan fingerprint density at radius 2 is 1.72 bits per heavy atom. The van der Waals surface area contributed by atoms with Gasteiger partial charge in [0.1, 0.15) is 28.0 Å². The van der Waals surface area contributed by atoms with Crippen LogP contribution in [0, 0.1) is 12.3 Å². The van der Waals surface area contributed by atoms with Crippen LogP contribution < -0.4 is 9.47 Å². The summed E-state index contributed by atoms with van der Waals surface area (Å²) in [5.74, 6) is 2.85. The van der Waals surface area contributed by atoms with Crippen LogP contribution in [0.2, 0.25) is 0 Å². The minimum atomic E-state index is -3.65. The SMILES string of the molecule is COc1ccc(OC)c(S(=O)(=O)N2CCC3(CCc4nnc(C)n4CC3)CC2)c1. The molecular formula is C20H28N4O4S. The van der Waals surface area contributed by atoms with Crippen LogP contribution in [0.1, 0.15) is 37.3 Å². The predicted octanol–water partition coefficient (Wildman–Crippen LogP) is 2.41. The van der Waals surface area contributed by atoms with Crippen molar-refractivity contribution in [3.05, 3.63) is 29.8 Å². The molecule has 2 aliphatic heterocycles. The fraction of sp³-hybridized carbons (Fsp3) is 0.600. The van der Waals surface area contributed by atoms with Gasteiger partial charge in [0, 0.05) is 32.1 Å². The van der Waals surface area contributed by atoms with Crippen LogP contribution in [0.25, 0.3) is 0 Å². The van der Waals surface area contributed by atoms with Crippen LogP contribution in [0.15, 0.2) is 23.1 Å². The molecule has 29 heavy (non-hydrogen) atoms. The second-order valence-electron chi connectivity index (χ2n) is 7.99. The molecule has 1 spiro atoms. The number of benzene rings is 1. The van der Waals surface area contributed by atoms with Gasteiger partial charge in [0.25, 0.3) is 0 Å². The molecule has 3 heterocycles. The van der Waals surface area contributed by atoms with Crippen molar-refractivity contribution in [3.8, 4) is 11.5 Å². The average molecular weight is 421 g/mol. The van der Waals surface area contributed by atoms with Gasteiger partial charge in [0.2, 0.25) is 10.0 Å². The monoisotopic (exact) mass is 420 g/mol. The van der Waals surface area contributed by atoms with Gasteiger partial charge in [-0.1, -0.05) is 0 Å². The van der Waals surface area contributed by atoms with Crippen LogP contribution in [-0.4, -0.2) is 54.8 Å². The second kappa shape index (κ2) is 7.60. The quantitative estimate of drug-likeness (QED) is 0.755. The summed E-state index contributed by atoms with van der Waals surface area (Å²) in [6, 6.07) is 4.88. The van der Waals surface area contributed by atoms with Crippen molar-refractivity contribution in [1.29, 1.82) is 0 Å². The molecule has 158 valence electrons. The molecule has 2 aliphatic rings. The molecule has 0 saturated carbocycles. The first-order valence-corrected chi connectivity index (χ1v) is 11.4. The highest BCUT2D eigenvalue weighted by atomic mass is 32.2. The summed E-state index contributed by atoms with van der Waals surface area (Å²) in [4.78, 5) is 0.165. The highest BCUT2D eigenvalue weighted by Gasteiger charge is 2.40. The second-order valence-corrected chi connectivity index (χ2v) is 9.89. The molecule has 0 bridgehead atoms. The zero-order valence-corrected chi connectivity index (χ0v) is 18.0. The molecule has 9 heteroatoms. The standard InChI is InChI=1S/C20H28N4O4S/c1-15-21-22-19-6-7-20(10-13-24(15)19)8-11-23(12-9-20)29(25,26)18-14-16(27-2)4-5-17(18)28-3/h4-5,14H,6-13H2,1-3H3. The van der Waals surface area contributed by atoms with E-state index in [2.05, 4.69) is 14.8 Å². The highest BCUT2D eigenvalue weighted by Crippen LogP contribution is 2.43. The Morgan fingerprint density at radius 1 is 1.00 bits per heavy atom. The van der Waals surface area contributed by atoms with Crippen LogP contribution >= 0.6 is 0 Å². The summed E-state index contributed by atoms with van der Waals surface area (Å²) in [7, 11) is -0.642. The predicted molar refractivity (Wildman–Crippen MR) is 108 cm³/mol. The molecule has 4 rings (SSSR count). The Bertz CT molecular complexity index is 994. The third kappa shape index (κ3) is 3.61. The maximum Gasteiger partial charge on any atom is 0.246 e. The summed E-state index contributed by atoms with van der Waals surface area (Å²) in [5.41, 5.74) is 0.164. The summed E-state index contributed by atoms with van der Waals surface area (Å²) >= 11 is 0. The van der Waals surface area contributed by atoms with Gasteiger partial charge in [-0.15, -0.1) is 10.2 Å². The average Bonchev–Trinajstić information content (AvgIpc) is 3.00. The highest BCUT2D eigenvalue weighted by molar-refractivity contribution is 7.89. The van der Waals surface area contributed by atoms with E-state index < -0.39 is 10.0 Å². The fourth-order valence-electron chi connectivity index (χ4n) is 4.58. The number of rotatable bonds is 4. The van der Waals surface area contributed by atoms with E-state index in [0.717, 1.165) is 50.3 Å². The first-order chi connectivity index (χ1) is 13.9. The lowest BCUT2D eigenvalue weighted by Crippen LogP contribution is -2.43. The summed E-state index contributed by atoms with van der Waals surface area (Å²) in [6.45, 7) is 3.93. The van der Waals surface area contributed by atoms with E-state index in [1.807, 2.05) is 6.92 Å². The number of sulfonamides is 1. The molecule has 1 saturated heterocycles. The molecule has 2 aromatic rings. The summed E-state index contributed by atoms with van der Waals surface area (Å²) < 4.78 is 41.0. The smallest absolute Gasteiger partial charge is 0.246 e. The van der Waals surface area contributed by atoms with E-state index in [1.54, 1.807) is 22.5 Å². The Morgan fingerprint density at radius 3 is 2.41 bits per heavy atom. The van der Waals surface area contributed by atoms with Crippen molar-refractivity contribution in [2.24, 2.45) is 5.41 Å². The third-order valence-electron chi connectivity index (χ3n) is 6.53. The lowest BCUT2D eigenvalue weighted by molar-refractivity contribution is 0.129. The van der Waals surface area contributed by atoms with Gasteiger partial charge < -0.3 is 14.0 Å². The van der Waals surface area contributed by atoms with Crippen molar-refractivity contribution < 1.29 is 17.9 Å². The molecule has 1 aromatic carbocycles. The van der Waals surface area contributed by atoms with Crippen molar-refractivity contribution in [3.63, 3.8) is 0 Å². The van der Waals surface area contributed by atoms with Crippen molar-refractivity contribution in [2.75, 3.05) is 27.3 Å². The third-order valence-corrected chi connectivity index (χ3v) is 8.45. The van der Waals surface area contributed by atoms with Gasteiger partial charge in [-0.05, 0) is 50.2 Å². The number of piperidine rings is 1. The number of fused-ring (bicyclic) bond motifs is 1. The molecule has 0 N–H and O–H groups in total. The van der Waals surface area contributed by atoms with Gasteiger partial charge in [0.05, 0.1) is 14.2 Å². The number of aromatic nitrogens is 3. The summed E-state index contributed by atoms with van der Waals surface area (Å²) in [6.07, 6.45) is 4.68. The molecule has 1 aromatic heterocycles. The number of aryl methyl sites for hydroxylation is 2. The van der Waals surface area contributed by atoms with Crippen LogP contribution in [0.5, 0.6) is 11.5 Å². The molecule has 0 atom stereocenters. The van der Waals surface area contributed by atoms with E-state index in [4.69, 9.17) is 9.47 Å². The largest absolute Gasteiger partial charge is 0.497 e. The number of hydrogen-bond acceptors (Lipinski definition) is 6. The Balaban J connectivity index is 1.51. The number of hydrogen-bond donors (Lipinski definition) is 0. The lowest BCUT2D eigenvalue weighted by Gasteiger charge is -2.41. The molecule has 0 aliphatic carbocycles. The Kier molecular flexibility index (Phi) is 5.29. The van der Waals surface area contributed by atoms with Crippen LogP contribution in [0.4, 0.5) is 0 Å². The zero-order valence-electron chi connectivity index (χ0n) is 17.2. The molecule has 0 amide bonds. The van der Waals surface area contributed by atoms with Gasteiger partial charge in [-0.25, -0.2) is 8.42 Å². The number of nitrogens with zero attached hydrogens (tertiary/aromatic N) is 4. The van der Waals surface area contributed by atoms with Gasteiger partial charge in [-0.3, -0.25) is 0 Å². The summed E-state index contributed by atoms with van der Waals surface area (Å²) in [5, 5.41) is 8.49. The molecule has 0 radical (unpaired) electrons. The van der Waals surface area contributed by atoms with E-state index in [0.29, 0.717) is 24.6 Å². The molecule has 8 nitrogen and oxygen atoms in total. The topological polar surface area (TPSA) is 86.6 Å². The number of methoxy groups -OCH3 is 2. The van der Waals surface area contributed by atoms with E-state index >= 15 is 0 Å².